The maximum Gasteiger partial charge on any atom is 0.303 e. The highest BCUT2D eigenvalue weighted by Crippen LogP contribution is 2.10. The van der Waals surface area contributed by atoms with Crippen LogP contribution in [0.3, 0.4) is 0 Å². The average Bonchev–Trinajstić information content (AvgIpc) is 2.46. The van der Waals surface area contributed by atoms with Gasteiger partial charge in [-0.05, 0) is 6.42 Å². The summed E-state index contributed by atoms with van der Waals surface area (Å²) < 4.78 is 0. The third-order valence-electron chi connectivity index (χ3n) is 2.51. The number of carbonyl (C=O) groups excluding carboxylic acids is 3. The molecule has 17 heavy (non-hydrogen) atoms. The Balaban J connectivity index is 2.35. The largest absolute Gasteiger partial charge is 0.481 e. The molecule has 0 bridgehead atoms. The Hall–Kier alpha value is -1.92. The first kappa shape index (κ1) is 13.1. The number of likely N-dealkylation sites (N-methyl/N-ethyl adjacent to an activating group) is 1. The summed E-state index contributed by atoms with van der Waals surface area (Å²) in [4.78, 5) is 45.1. The zero-order chi connectivity index (χ0) is 13.0. The molecule has 0 aromatic rings. The lowest BCUT2D eigenvalue weighted by atomic mass is 10.2. The van der Waals surface area contributed by atoms with E-state index in [1.165, 1.54) is 7.05 Å². The topological polar surface area (TPSA) is 104 Å². The molecular weight excluding hydrogens is 228 g/mol. The van der Waals surface area contributed by atoms with Gasteiger partial charge in [-0.25, -0.2) is 0 Å². The molecule has 1 rings (SSSR count). The van der Waals surface area contributed by atoms with Crippen molar-refractivity contribution in [3.05, 3.63) is 0 Å². The summed E-state index contributed by atoms with van der Waals surface area (Å²) in [5.41, 5.74) is 0. The van der Waals surface area contributed by atoms with E-state index in [-0.39, 0.29) is 31.6 Å². The fourth-order valence-corrected chi connectivity index (χ4v) is 1.53. The minimum absolute atomic E-state index is 0.0278. The summed E-state index contributed by atoms with van der Waals surface area (Å²) in [6.45, 7) is 0. The number of hydrogen-bond acceptors (Lipinski definition) is 4. The fraction of sp³-hybridized carbons (Fsp3) is 0.600. The lowest BCUT2D eigenvalue weighted by molar-refractivity contribution is -0.139. The summed E-state index contributed by atoms with van der Waals surface area (Å²) in [6, 6.07) is -0.801. The molecule has 1 atom stereocenters. The number of likely N-dealkylation sites (tertiary alicyclic amines) is 1. The van der Waals surface area contributed by atoms with Crippen molar-refractivity contribution in [1.29, 1.82) is 0 Å². The van der Waals surface area contributed by atoms with E-state index in [1.54, 1.807) is 0 Å². The molecule has 1 saturated heterocycles. The minimum Gasteiger partial charge on any atom is -0.481 e. The van der Waals surface area contributed by atoms with Gasteiger partial charge in [-0.1, -0.05) is 0 Å². The highest BCUT2D eigenvalue weighted by molar-refractivity contribution is 6.06. The molecule has 2 N–H and O–H groups in total. The summed E-state index contributed by atoms with van der Waals surface area (Å²) in [7, 11) is 1.36. The van der Waals surface area contributed by atoms with Crippen LogP contribution in [0.25, 0.3) is 0 Å². The first-order valence-electron chi connectivity index (χ1n) is 5.23. The number of rotatable bonds is 5. The fourth-order valence-electron chi connectivity index (χ4n) is 1.53. The number of carbonyl (C=O) groups is 4. The van der Waals surface area contributed by atoms with Crippen LogP contribution in [0, 0.1) is 0 Å². The molecule has 0 radical (unpaired) electrons. The monoisotopic (exact) mass is 242 g/mol. The van der Waals surface area contributed by atoms with Crippen molar-refractivity contribution in [1.82, 2.24) is 10.2 Å². The van der Waals surface area contributed by atoms with E-state index >= 15 is 0 Å². The molecule has 94 valence electrons. The van der Waals surface area contributed by atoms with E-state index in [0.29, 0.717) is 0 Å². The maximum atomic E-state index is 11.4. The Morgan fingerprint density at radius 3 is 2.53 bits per heavy atom. The molecule has 7 heteroatoms. The van der Waals surface area contributed by atoms with E-state index < -0.39 is 23.8 Å². The van der Waals surface area contributed by atoms with Crippen LogP contribution >= 0.6 is 0 Å². The second kappa shape index (κ2) is 5.42. The van der Waals surface area contributed by atoms with Crippen LogP contribution in [0.15, 0.2) is 0 Å². The number of carboxylic acids is 1. The van der Waals surface area contributed by atoms with Crippen LogP contribution in [0.5, 0.6) is 0 Å². The highest BCUT2D eigenvalue weighted by atomic mass is 16.4. The van der Waals surface area contributed by atoms with Gasteiger partial charge < -0.3 is 10.4 Å². The zero-order valence-electron chi connectivity index (χ0n) is 9.43. The van der Waals surface area contributed by atoms with Gasteiger partial charge in [0.15, 0.2) is 0 Å². The van der Waals surface area contributed by atoms with Crippen molar-refractivity contribution >= 4 is 23.7 Å². The van der Waals surface area contributed by atoms with E-state index in [9.17, 15) is 19.2 Å². The molecule has 1 heterocycles. The number of nitrogens with zero attached hydrogens (tertiary/aromatic N) is 1. The number of amides is 3. The summed E-state index contributed by atoms with van der Waals surface area (Å²) in [5, 5.41) is 10.8. The van der Waals surface area contributed by atoms with Crippen LogP contribution in [0.4, 0.5) is 0 Å². The van der Waals surface area contributed by atoms with Gasteiger partial charge in [0.1, 0.15) is 6.04 Å². The van der Waals surface area contributed by atoms with Crippen LogP contribution in [-0.2, 0) is 19.2 Å². The van der Waals surface area contributed by atoms with Crippen molar-refractivity contribution < 1.29 is 24.3 Å². The van der Waals surface area contributed by atoms with Gasteiger partial charge in [0.05, 0.1) is 6.42 Å². The Kier molecular flexibility index (Phi) is 4.19. The van der Waals surface area contributed by atoms with E-state index in [2.05, 4.69) is 5.32 Å². The number of carboxylic acid groups (broad SMARTS) is 1. The van der Waals surface area contributed by atoms with Crippen LogP contribution in [-0.4, -0.2) is 46.8 Å². The minimum atomic E-state index is -0.968. The molecule has 1 fully saturated rings. The van der Waals surface area contributed by atoms with Gasteiger partial charge in [-0.15, -0.1) is 0 Å². The first-order chi connectivity index (χ1) is 7.91. The SMILES string of the molecule is CN1C(=O)CC(NC(=O)CCCC(=O)O)C1=O. The van der Waals surface area contributed by atoms with E-state index in [4.69, 9.17) is 5.11 Å². The second-order valence-electron chi connectivity index (χ2n) is 3.86. The molecule has 0 spiro atoms. The van der Waals surface area contributed by atoms with Gasteiger partial charge in [0.2, 0.25) is 11.8 Å². The lowest BCUT2D eigenvalue weighted by Crippen LogP contribution is -2.40. The molecule has 0 aromatic heterocycles. The predicted molar refractivity (Wildman–Crippen MR) is 55.8 cm³/mol. The number of hydrogen-bond donors (Lipinski definition) is 2. The molecule has 1 aliphatic heterocycles. The number of imide groups is 1. The number of nitrogens with one attached hydrogen (secondary N) is 1. The zero-order valence-corrected chi connectivity index (χ0v) is 9.43. The van der Waals surface area contributed by atoms with Gasteiger partial charge in [-0.3, -0.25) is 24.1 Å². The van der Waals surface area contributed by atoms with Gasteiger partial charge in [0, 0.05) is 19.9 Å². The first-order valence-corrected chi connectivity index (χ1v) is 5.23. The van der Waals surface area contributed by atoms with Crippen LogP contribution in [0.2, 0.25) is 0 Å². The Morgan fingerprint density at radius 2 is 2.06 bits per heavy atom. The van der Waals surface area contributed by atoms with Crippen molar-refractivity contribution in [3.8, 4) is 0 Å². The Bertz CT molecular complexity index is 366. The smallest absolute Gasteiger partial charge is 0.303 e. The molecule has 0 saturated carbocycles. The average molecular weight is 242 g/mol. The predicted octanol–water partition coefficient (Wildman–Crippen LogP) is -0.885. The van der Waals surface area contributed by atoms with E-state index in [0.717, 1.165) is 4.90 Å². The molecule has 0 aliphatic carbocycles. The van der Waals surface area contributed by atoms with Crippen molar-refractivity contribution in [2.24, 2.45) is 0 Å². The molecule has 1 aliphatic rings. The normalized spacial score (nSPS) is 19.6. The van der Waals surface area contributed by atoms with Crippen molar-refractivity contribution in [3.63, 3.8) is 0 Å². The highest BCUT2D eigenvalue weighted by Gasteiger charge is 2.36. The Morgan fingerprint density at radius 1 is 1.41 bits per heavy atom. The summed E-state index contributed by atoms with van der Waals surface area (Å²) >= 11 is 0. The Labute approximate surface area is 97.8 Å². The standard InChI is InChI=1S/C10H14N2O5/c1-12-8(14)5-6(10(12)17)11-7(13)3-2-4-9(15)16/h6H,2-5H2,1H3,(H,11,13)(H,15,16). The van der Waals surface area contributed by atoms with Crippen LogP contribution in [0.1, 0.15) is 25.7 Å². The van der Waals surface area contributed by atoms with E-state index in [1.807, 2.05) is 0 Å². The summed E-state index contributed by atoms with van der Waals surface area (Å²) in [6.07, 6.45) is 0.130. The molecule has 0 aromatic carbocycles. The van der Waals surface area contributed by atoms with Crippen LogP contribution < -0.4 is 5.32 Å². The second-order valence-corrected chi connectivity index (χ2v) is 3.86. The molecular formula is C10H14N2O5. The molecule has 3 amide bonds. The maximum absolute atomic E-state index is 11.4. The van der Waals surface area contributed by atoms with Gasteiger partial charge in [0.25, 0.3) is 5.91 Å². The quantitative estimate of drug-likeness (QED) is 0.609. The third-order valence-corrected chi connectivity index (χ3v) is 2.51. The third kappa shape index (κ3) is 3.54. The van der Waals surface area contributed by atoms with Crippen molar-refractivity contribution in [2.75, 3.05) is 7.05 Å². The molecule has 1 unspecified atom stereocenters. The van der Waals surface area contributed by atoms with Gasteiger partial charge in [-0.2, -0.15) is 0 Å². The summed E-state index contributed by atoms with van der Waals surface area (Å²) in [5.74, 6) is -2.13. The molecule has 7 nitrogen and oxygen atoms in total. The van der Waals surface area contributed by atoms with Crippen molar-refractivity contribution in [2.45, 2.75) is 31.7 Å². The number of aliphatic carboxylic acids is 1. The van der Waals surface area contributed by atoms with Gasteiger partial charge >= 0.3 is 5.97 Å². The lowest BCUT2D eigenvalue weighted by Gasteiger charge is -2.10.